The van der Waals surface area contributed by atoms with Crippen molar-refractivity contribution in [3.8, 4) is 0 Å². The summed E-state index contributed by atoms with van der Waals surface area (Å²) in [5.74, 6) is 0.511. The molecule has 1 atom stereocenters. The average molecular weight is 341 g/mol. The minimum Gasteiger partial charge on any atom is -0.381 e. The molecule has 1 aliphatic rings. The molecule has 3 rings (SSSR count). The molecule has 0 fully saturated rings. The van der Waals surface area contributed by atoms with E-state index in [0.717, 1.165) is 25.2 Å². The molecule has 0 aliphatic carbocycles. The number of nitrogens with zero attached hydrogens (tertiary/aromatic N) is 3. The zero-order valence-corrected chi connectivity index (χ0v) is 15.1. The molecule has 1 aromatic heterocycles. The molecular weight excluding hydrogens is 314 g/mol. The summed E-state index contributed by atoms with van der Waals surface area (Å²) in [4.78, 5) is 19.1. The predicted octanol–water partition coefficient (Wildman–Crippen LogP) is 2.82. The van der Waals surface area contributed by atoms with Crippen LogP contribution < -0.4 is 0 Å². The quantitative estimate of drug-likeness (QED) is 0.812. The summed E-state index contributed by atoms with van der Waals surface area (Å²) in [7, 11) is 0. The topological polar surface area (TPSA) is 47.4 Å². The molecule has 5 heteroatoms. The second-order valence-electron chi connectivity index (χ2n) is 6.76. The van der Waals surface area contributed by atoms with Crippen LogP contribution in [0.3, 0.4) is 0 Å². The molecule has 0 unspecified atom stereocenters. The Hall–Kier alpha value is -2.14. The van der Waals surface area contributed by atoms with Gasteiger partial charge in [-0.3, -0.25) is 4.79 Å². The van der Waals surface area contributed by atoms with Crippen molar-refractivity contribution in [3.05, 3.63) is 53.6 Å². The van der Waals surface area contributed by atoms with Crippen molar-refractivity contribution in [2.45, 2.75) is 39.8 Å². The standard InChI is InChI=1S/C20H27N3O2/c1-3-25-14-17-11-22(13-19-10-21-15-23(19)12-17)20(24)9-8-18-7-5-4-6-16(18)2/h4-7,10,15,17H,3,8-9,11-14H2,1-2H3/t17-/m0/s1. The first-order valence-corrected chi connectivity index (χ1v) is 9.06. The molecule has 0 bridgehead atoms. The number of amides is 1. The summed E-state index contributed by atoms with van der Waals surface area (Å²) in [6.07, 6.45) is 5.05. The minimum absolute atomic E-state index is 0.208. The lowest BCUT2D eigenvalue weighted by atomic mass is 10.0. The summed E-state index contributed by atoms with van der Waals surface area (Å²) >= 11 is 0. The van der Waals surface area contributed by atoms with Crippen LogP contribution in [0.5, 0.6) is 0 Å². The molecule has 0 N–H and O–H groups in total. The number of benzene rings is 1. The van der Waals surface area contributed by atoms with E-state index >= 15 is 0 Å². The highest BCUT2D eigenvalue weighted by Gasteiger charge is 2.25. The van der Waals surface area contributed by atoms with Gasteiger partial charge in [-0.1, -0.05) is 24.3 Å². The number of rotatable bonds is 6. The van der Waals surface area contributed by atoms with E-state index in [9.17, 15) is 4.79 Å². The first-order chi connectivity index (χ1) is 12.2. The fourth-order valence-electron chi connectivity index (χ4n) is 3.42. The van der Waals surface area contributed by atoms with Crippen molar-refractivity contribution in [3.63, 3.8) is 0 Å². The van der Waals surface area contributed by atoms with Gasteiger partial charge in [0.2, 0.25) is 5.91 Å². The molecule has 0 saturated carbocycles. The number of aryl methyl sites for hydroxylation is 2. The summed E-state index contributed by atoms with van der Waals surface area (Å²) in [5, 5.41) is 0. The Labute approximate surface area is 149 Å². The van der Waals surface area contributed by atoms with E-state index in [1.807, 2.05) is 36.5 Å². The van der Waals surface area contributed by atoms with Gasteiger partial charge in [0.1, 0.15) is 0 Å². The highest BCUT2D eigenvalue weighted by molar-refractivity contribution is 5.76. The Morgan fingerprint density at radius 1 is 1.32 bits per heavy atom. The van der Waals surface area contributed by atoms with Crippen LogP contribution in [0.1, 0.15) is 30.2 Å². The van der Waals surface area contributed by atoms with Crippen LogP contribution in [0.2, 0.25) is 0 Å². The van der Waals surface area contributed by atoms with Crippen molar-refractivity contribution < 1.29 is 9.53 Å². The molecule has 134 valence electrons. The van der Waals surface area contributed by atoms with Gasteiger partial charge in [0.05, 0.1) is 25.2 Å². The third kappa shape index (κ3) is 4.48. The van der Waals surface area contributed by atoms with Crippen LogP contribution in [0, 0.1) is 12.8 Å². The fraction of sp³-hybridized carbons (Fsp3) is 0.500. The van der Waals surface area contributed by atoms with E-state index in [1.165, 1.54) is 11.1 Å². The van der Waals surface area contributed by atoms with E-state index in [2.05, 4.69) is 28.6 Å². The second-order valence-corrected chi connectivity index (χ2v) is 6.76. The third-order valence-corrected chi connectivity index (χ3v) is 4.86. The normalized spacial score (nSPS) is 17.2. The zero-order valence-electron chi connectivity index (χ0n) is 15.1. The number of aromatic nitrogens is 2. The van der Waals surface area contributed by atoms with Gasteiger partial charge in [0, 0.05) is 38.2 Å². The van der Waals surface area contributed by atoms with Gasteiger partial charge >= 0.3 is 0 Å². The van der Waals surface area contributed by atoms with Crippen LogP contribution in [0.4, 0.5) is 0 Å². The summed E-state index contributed by atoms with van der Waals surface area (Å²) in [6.45, 7) is 7.72. The Morgan fingerprint density at radius 2 is 2.16 bits per heavy atom. The Kier molecular flexibility index (Phi) is 5.87. The molecule has 0 saturated heterocycles. The van der Waals surface area contributed by atoms with Gasteiger partial charge in [-0.2, -0.15) is 0 Å². The lowest BCUT2D eigenvalue weighted by Gasteiger charge is -2.24. The van der Waals surface area contributed by atoms with E-state index in [4.69, 9.17) is 4.74 Å². The van der Waals surface area contributed by atoms with Gasteiger partial charge in [-0.15, -0.1) is 0 Å². The first-order valence-electron chi connectivity index (χ1n) is 9.06. The van der Waals surface area contributed by atoms with E-state index < -0.39 is 0 Å². The highest BCUT2D eigenvalue weighted by Crippen LogP contribution is 2.18. The molecule has 0 radical (unpaired) electrons. The Bertz CT molecular complexity index is 710. The van der Waals surface area contributed by atoms with Gasteiger partial charge in [-0.05, 0) is 31.4 Å². The third-order valence-electron chi connectivity index (χ3n) is 4.86. The number of carbonyl (C=O) groups is 1. The lowest BCUT2D eigenvalue weighted by Crippen LogP contribution is -2.35. The maximum Gasteiger partial charge on any atom is 0.223 e. The first kappa shape index (κ1) is 17.7. The average Bonchev–Trinajstić information content (AvgIpc) is 2.97. The molecule has 0 spiro atoms. The Balaban J connectivity index is 1.66. The fourth-order valence-corrected chi connectivity index (χ4v) is 3.42. The Morgan fingerprint density at radius 3 is 2.96 bits per heavy atom. The van der Waals surface area contributed by atoms with Gasteiger partial charge in [-0.25, -0.2) is 4.98 Å². The number of hydrogen-bond acceptors (Lipinski definition) is 3. The number of hydrogen-bond donors (Lipinski definition) is 0. The molecule has 1 aromatic carbocycles. The molecular formula is C20H27N3O2. The van der Waals surface area contributed by atoms with Crippen LogP contribution in [-0.2, 0) is 29.0 Å². The van der Waals surface area contributed by atoms with Crippen molar-refractivity contribution in [2.24, 2.45) is 5.92 Å². The van der Waals surface area contributed by atoms with E-state index in [0.29, 0.717) is 32.1 Å². The largest absolute Gasteiger partial charge is 0.381 e. The van der Waals surface area contributed by atoms with Crippen LogP contribution in [0.25, 0.3) is 0 Å². The summed E-state index contributed by atoms with van der Waals surface area (Å²) < 4.78 is 7.77. The van der Waals surface area contributed by atoms with Crippen LogP contribution in [-0.4, -0.2) is 40.1 Å². The molecule has 2 heterocycles. The van der Waals surface area contributed by atoms with E-state index in [1.54, 1.807) is 0 Å². The minimum atomic E-state index is 0.208. The summed E-state index contributed by atoms with van der Waals surface area (Å²) in [6, 6.07) is 8.28. The molecule has 1 amide bonds. The number of imidazole rings is 1. The SMILES string of the molecule is CCOC[C@H]1CN(C(=O)CCc2ccccc2C)Cc2cncn2C1. The monoisotopic (exact) mass is 341 g/mol. The highest BCUT2D eigenvalue weighted by atomic mass is 16.5. The smallest absolute Gasteiger partial charge is 0.223 e. The van der Waals surface area contributed by atoms with Crippen molar-refractivity contribution >= 4 is 5.91 Å². The molecule has 2 aromatic rings. The summed E-state index contributed by atoms with van der Waals surface area (Å²) in [5.41, 5.74) is 3.60. The number of carbonyl (C=O) groups excluding carboxylic acids is 1. The van der Waals surface area contributed by atoms with E-state index in [-0.39, 0.29) is 5.91 Å². The molecule has 25 heavy (non-hydrogen) atoms. The lowest BCUT2D eigenvalue weighted by molar-refractivity contribution is -0.132. The van der Waals surface area contributed by atoms with Crippen LogP contribution in [0.15, 0.2) is 36.8 Å². The number of fused-ring (bicyclic) bond motifs is 1. The van der Waals surface area contributed by atoms with Gasteiger partial charge in [0.15, 0.2) is 0 Å². The maximum absolute atomic E-state index is 12.8. The number of ether oxygens (including phenoxy) is 1. The second kappa shape index (κ2) is 8.30. The molecule has 1 aliphatic heterocycles. The molecule has 5 nitrogen and oxygen atoms in total. The van der Waals surface area contributed by atoms with Gasteiger partial charge in [0.25, 0.3) is 0 Å². The van der Waals surface area contributed by atoms with Crippen molar-refractivity contribution in [2.75, 3.05) is 19.8 Å². The van der Waals surface area contributed by atoms with Crippen molar-refractivity contribution in [1.29, 1.82) is 0 Å². The maximum atomic E-state index is 12.8. The predicted molar refractivity (Wildman–Crippen MR) is 97.1 cm³/mol. The zero-order chi connectivity index (χ0) is 17.6. The van der Waals surface area contributed by atoms with Gasteiger partial charge < -0.3 is 14.2 Å². The van der Waals surface area contributed by atoms with Crippen LogP contribution >= 0.6 is 0 Å². The van der Waals surface area contributed by atoms with Crippen molar-refractivity contribution in [1.82, 2.24) is 14.5 Å².